The Morgan fingerprint density at radius 1 is 1.12 bits per heavy atom. The van der Waals surface area contributed by atoms with Gasteiger partial charge in [0.1, 0.15) is 5.75 Å². The van der Waals surface area contributed by atoms with Gasteiger partial charge in [0.25, 0.3) is 5.91 Å². The lowest BCUT2D eigenvalue weighted by atomic mass is 9.99. The van der Waals surface area contributed by atoms with Crippen LogP contribution in [0.15, 0.2) is 53.6 Å². The summed E-state index contributed by atoms with van der Waals surface area (Å²) in [5, 5.41) is 3.95. The van der Waals surface area contributed by atoms with Crippen molar-refractivity contribution < 1.29 is 9.53 Å². The van der Waals surface area contributed by atoms with Crippen molar-refractivity contribution in [2.45, 2.75) is 39.5 Å². The zero-order chi connectivity index (χ0) is 18.1. The van der Waals surface area contributed by atoms with Crippen LogP contribution in [0, 0.1) is 0 Å². The molecule has 4 nitrogen and oxygen atoms in total. The molecule has 0 bridgehead atoms. The van der Waals surface area contributed by atoms with Gasteiger partial charge in [0.05, 0.1) is 6.21 Å². The standard InChI is InChI=1S/C21H26N2O2/c1-4-16(3)19-10-12-20(13-11-19)25-15-21(24)23-22-14-18-8-6-17(5-2)7-9-18/h6-14,16H,4-5,15H2,1-3H3,(H,23,24). The Bertz CT molecular complexity index is 691. The maximum atomic E-state index is 11.8. The van der Waals surface area contributed by atoms with Gasteiger partial charge in [-0.15, -0.1) is 0 Å². The Balaban J connectivity index is 1.77. The minimum absolute atomic E-state index is 0.0607. The number of hydrogen-bond acceptors (Lipinski definition) is 3. The van der Waals surface area contributed by atoms with Gasteiger partial charge in [-0.1, -0.05) is 57.2 Å². The number of benzene rings is 2. The SMILES string of the molecule is CCc1ccc(C=NNC(=O)COc2ccc(C(C)CC)cc2)cc1. The number of nitrogens with one attached hydrogen (secondary N) is 1. The zero-order valence-electron chi connectivity index (χ0n) is 15.2. The molecule has 2 rings (SSSR count). The lowest BCUT2D eigenvalue weighted by molar-refractivity contribution is -0.123. The van der Waals surface area contributed by atoms with Gasteiger partial charge in [-0.05, 0) is 47.6 Å². The van der Waals surface area contributed by atoms with E-state index in [1.807, 2.05) is 36.4 Å². The summed E-state index contributed by atoms with van der Waals surface area (Å²) < 4.78 is 5.48. The summed E-state index contributed by atoms with van der Waals surface area (Å²) in [6.45, 7) is 6.41. The third kappa shape index (κ3) is 6.07. The molecule has 0 spiro atoms. The molecular weight excluding hydrogens is 312 g/mol. The second-order valence-corrected chi connectivity index (χ2v) is 6.06. The summed E-state index contributed by atoms with van der Waals surface area (Å²) in [5.41, 5.74) is 5.97. The normalized spacial score (nSPS) is 12.1. The van der Waals surface area contributed by atoms with Crippen LogP contribution in [0.4, 0.5) is 0 Å². The van der Waals surface area contributed by atoms with Gasteiger partial charge >= 0.3 is 0 Å². The highest BCUT2D eigenvalue weighted by molar-refractivity contribution is 5.82. The van der Waals surface area contributed by atoms with Crippen LogP contribution in [-0.4, -0.2) is 18.7 Å². The highest BCUT2D eigenvalue weighted by atomic mass is 16.5. The second kappa shape index (κ2) is 9.62. The molecular formula is C21H26N2O2. The fraction of sp³-hybridized carbons (Fsp3) is 0.333. The quantitative estimate of drug-likeness (QED) is 0.576. The molecule has 0 fully saturated rings. The Morgan fingerprint density at radius 2 is 1.80 bits per heavy atom. The maximum Gasteiger partial charge on any atom is 0.277 e. The van der Waals surface area contributed by atoms with E-state index in [1.54, 1.807) is 6.21 Å². The van der Waals surface area contributed by atoms with Crippen molar-refractivity contribution in [3.63, 3.8) is 0 Å². The summed E-state index contributed by atoms with van der Waals surface area (Å²) >= 11 is 0. The van der Waals surface area contributed by atoms with E-state index in [1.165, 1.54) is 11.1 Å². The van der Waals surface area contributed by atoms with Crippen LogP contribution in [0.2, 0.25) is 0 Å². The highest BCUT2D eigenvalue weighted by Gasteiger charge is 2.04. The fourth-order valence-electron chi connectivity index (χ4n) is 2.33. The van der Waals surface area contributed by atoms with Crippen LogP contribution in [0.3, 0.4) is 0 Å². The van der Waals surface area contributed by atoms with Gasteiger partial charge in [-0.2, -0.15) is 5.10 Å². The third-order valence-corrected chi connectivity index (χ3v) is 4.22. The van der Waals surface area contributed by atoms with Crippen molar-refractivity contribution in [1.29, 1.82) is 0 Å². The van der Waals surface area contributed by atoms with Crippen molar-refractivity contribution in [2.75, 3.05) is 6.61 Å². The van der Waals surface area contributed by atoms with Crippen LogP contribution >= 0.6 is 0 Å². The molecule has 2 aromatic carbocycles. The summed E-state index contributed by atoms with van der Waals surface area (Å²) in [5.74, 6) is 0.923. The van der Waals surface area contributed by atoms with Crippen LogP contribution in [0.1, 0.15) is 49.8 Å². The van der Waals surface area contributed by atoms with E-state index in [4.69, 9.17) is 4.74 Å². The predicted octanol–water partition coefficient (Wildman–Crippen LogP) is 4.29. The molecule has 0 aliphatic rings. The monoisotopic (exact) mass is 338 g/mol. The Kier molecular flexibility index (Phi) is 7.20. The summed E-state index contributed by atoms with van der Waals surface area (Å²) in [6, 6.07) is 15.9. The molecule has 0 heterocycles. The maximum absolute atomic E-state index is 11.8. The van der Waals surface area contributed by atoms with E-state index in [0.717, 1.165) is 18.4 Å². The lowest BCUT2D eigenvalue weighted by Gasteiger charge is -2.10. The Morgan fingerprint density at radius 3 is 2.40 bits per heavy atom. The number of carbonyl (C=O) groups excluding carboxylic acids is 1. The molecule has 0 aliphatic carbocycles. The number of hydrogen-bond donors (Lipinski definition) is 1. The summed E-state index contributed by atoms with van der Waals surface area (Å²) in [7, 11) is 0. The lowest BCUT2D eigenvalue weighted by Crippen LogP contribution is -2.24. The number of carbonyl (C=O) groups is 1. The van der Waals surface area contributed by atoms with Crippen molar-refractivity contribution in [3.05, 3.63) is 65.2 Å². The molecule has 0 aliphatic heterocycles. The minimum Gasteiger partial charge on any atom is -0.484 e. The van der Waals surface area contributed by atoms with E-state index in [-0.39, 0.29) is 12.5 Å². The Hall–Kier alpha value is -2.62. The molecule has 2 aromatic rings. The number of rotatable bonds is 8. The average molecular weight is 338 g/mol. The van der Waals surface area contributed by atoms with Crippen LogP contribution < -0.4 is 10.2 Å². The molecule has 0 saturated heterocycles. The van der Waals surface area contributed by atoms with Gasteiger partial charge in [-0.25, -0.2) is 5.43 Å². The molecule has 0 radical (unpaired) electrons. The first kappa shape index (κ1) is 18.7. The molecule has 0 aromatic heterocycles. The second-order valence-electron chi connectivity index (χ2n) is 6.06. The molecule has 25 heavy (non-hydrogen) atoms. The third-order valence-electron chi connectivity index (χ3n) is 4.22. The van der Waals surface area contributed by atoms with Crippen LogP contribution in [-0.2, 0) is 11.2 Å². The number of nitrogens with zero attached hydrogens (tertiary/aromatic N) is 1. The largest absolute Gasteiger partial charge is 0.484 e. The molecule has 1 N–H and O–H groups in total. The van der Waals surface area contributed by atoms with Crippen LogP contribution in [0.5, 0.6) is 5.75 Å². The molecule has 132 valence electrons. The Labute approximate surface area is 149 Å². The summed E-state index contributed by atoms with van der Waals surface area (Å²) in [6.07, 6.45) is 3.73. The highest BCUT2D eigenvalue weighted by Crippen LogP contribution is 2.21. The van der Waals surface area contributed by atoms with E-state index >= 15 is 0 Å². The van der Waals surface area contributed by atoms with Gasteiger partial charge < -0.3 is 4.74 Å². The first-order valence-corrected chi connectivity index (χ1v) is 8.76. The molecule has 1 unspecified atom stereocenters. The molecule has 0 saturated carbocycles. The number of aryl methyl sites for hydroxylation is 1. The van der Waals surface area contributed by atoms with Crippen molar-refractivity contribution >= 4 is 12.1 Å². The molecule has 1 amide bonds. The van der Waals surface area contributed by atoms with E-state index in [9.17, 15) is 4.79 Å². The number of hydrazone groups is 1. The zero-order valence-corrected chi connectivity index (χ0v) is 15.2. The van der Waals surface area contributed by atoms with Crippen LogP contribution in [0.25, 0.3) is 0 Å². The van der Waals surface area contributed by atoms with Crippen molar-refractivity contribution in [1.82, 2.24) is 5.43 Å². The number of amides is 1. The smallest absolute Gasteiger partial charge is 0.277 e. The topological polar surface area (TPSA) is 50.7 Å². The van der Waals surface area contributed by atoms with Gasteiger partial charge in [0.15, 0.2) is 6.61 Å². The first-order valence-electron chi connectivity index (χ1n) is 8.76. The number of ether oxygens (including phenoxy) is 1. The molecule has 4 heteroatoms. The van der Waals surface area contributed by atoms with E-state index < -0.39 is 0 Å². The van der Waals surface area contributed by atoms with Gasteiger partial charge in [0, 0.05) is 0 Å². The first-order chi connectivity index (χ1) is 12.1. The average Bonchev–Trinajstić information content (AvgIpc) is 2.66. The minimum atomic E-state index is -0.285. The van der Waals surface area contributed by atoms with Crippen molar-refractivity contribution in [2.24, 2.45) is 5.10 Å². The van der Waals surface area contributed by atoms with Gasteiger partial charge in [0.2, 0.25) is 0 Å². The van der Waals surface area contributed by atoms with E-state index in [0.29, 0.717) is 11.7 Å². The predicted molar refractivity (Wildman–Crippen MR) is 102 cm³/mol. The van der Waals surface area contributed by atoms with Gasteiger partial charge in [-0.3, -0.25) is 4.79 Å². The fourth-order valence-corrected chi connectivity index (χ4v) is 2.33. The van der Waals surface area contributed by atoms with E-state index in [2.05, 4.69) is 43.4 Å². The van der Waals surface area contributed by atoms with Crippen molar-refractivity contribution in [3.8, 4) is 5.75 Å². The molecule has 1 atom stereocenters. The summed E-state index contributed by atoms with van der Waals surface area (Å²) in [4.78, 5) is 11.8.